The zero-order chi connectivity index (χ0) is 23.2. The Bertz CT molecular complexity index is 994. The van der Waals surface area contributed by atoms with Crippen LogP contribution in [0.3, 0.4) is 0 Å². The zero-order valence-corrected chi connectivity index (χ0v) is 19.1. The quantitative estimate of drug-likeness (QED) is 0.552. The summed E-state index contributed by atoms with van der Waals surface area (Å²) in [5.74, 6) is 5.19. The second kappa shape index (κ2) is 10.2. The second-order valence-electron chi connectivity index (χ2n) is 8.41. The first-order chi connectivity index (χ1) is 14.5. The number of benzene rings is 2. The number of anilines is 1. The van der Waals surface area contributed by atoms with Crippen molar-refractivity contribution in [3.63, 3.8) is 0 Å². The zero-order valence-electron chi connectivity index (χ0n) is 19.1. The summed E-state index contributed by atoms with van der Waals surface area (Å²) in [5.41, 5.74) is 2.44. The molecule has 0 bridgehead atoms. The van der Waals surface area contributed by atoms with Gasteiger partial charge in [-0.3, -0.25) is 9.59 Å². The number of ether oxygens (including phenoxy) is 1. The van der Waals surface area contributed by atoms with Crippen LogP contribution in [0.25, 0.3) is 0 Å². The summed E-state index contributed by atoms with van der Waals surface area (Å²) in [5, 5.41) is 12.0. The average Bonchev–Trinajstić information content (AvgIpc) is 2.69. The van der Waals surface area contributed by atoms with Crippen LogP contribution in [-0.2, 0) is 9.59 Å². The lowest BCUT2D eigenvalue weighted by Gasteiger charge is -2.27. The van der Waals surface area contributed by atoms with E-state index in [0.717, 1.165) is 16.7 Å². The number of aryl methyl sites for hydroxylation is 1. The lowest BCUT2D eigenvalue weighted by Crippen LogP contribution is -2.42. The predicted molar refractivity (Wildman–Crippen MR) is 123 cm³/mol. The third-order valence-corrected chi connectivity index (χ3v) is 5.06. The van der Waals surface area contributed by atoms with Crippen molar-refractivity contribution in [2.24, 2.45) is 0 Å². The van der Waals surface area contributed by atoms with Crippen molar-refractivity contribution in [3.8, 4) is 17.6 Å². The smallest absolute Gasteiger partial charge is 0.304 e. The lowest BCUT2D eigenvalue weighted by molar-refractivity contribution is -0.137. The number of hydrogen-bond donors (Lipinski definition) is 2. The molecule has 1 amide bonds. The third kappa shape index (κ3) is 6.62. The third-order valence-electron chi connectivity index (χ3n) is 5.06. The summed E-state index contributed by atoms with van der Waals surface area (Å²) in [6.07, 6.45) is -0.0673. The maximum absolute atomic E-state index is 12.9. The molecule has 0 heterocycles. The van der Waals surface area contributed by atoms with Gasteiger partial charge in [0.2, 0.25) is 0 Å². The predicted octanol–water partition coefficient (Wildman–Crippen LogP) is 5.50. The van der Waals surface area contributed by atoms with Crippen LogP contribution in [0.2, 0.25) is 0 Å². The number of carboxylic acid groups (broad SMARTS) is 1. The Hall–Kier alpha value is -3.26. The minimum atomic E-state index is -1.08. The van der Waals surface area contributed by atoms with E-state index in [1.807, 2.05) is 19.1 Å². The Morgan fingerprint density at radius 2 is 1.71 bits per heavy atom. The van der Waals surface area contributed by atoms with Crippen molar-refractivity contribution in [1.82, 2.24) is 0 Å². The second-order valence-corrected chi connectivity index (χ2v) is 8.41. The van der Waals surface area contributed by atoms with Crippen molar-refractivity contribution >= 4 is 17.6 Å². The highest BCUT2D eigenvalue weighted by atomic mass is 16.5. The molecule has 164 valence electrons. The minimum Gasteiger partial charge on any atom is -0.481 e. The van der Waals surface area contributed by atoms with Crippen LogP contribution in [-0.4, -0.2) is 22.6 Å². The van der Waals surface area contributed by atoms with Crippen molar-refractivity contribution in [1.29, 1.82) is 0 Å². The topological polar surface area (TPSA) is 75.6 Å². The standard InChI is InChI=1S/C26H31NO4/c1-7-8-21(16-24(28)29)19-11-13-22(14-12-19)27-25(30)26(5,6)31-23-15-20(17(2)3)10-9-18(23)4/h9-15,17,21H,16H2,1-6H3,(H,27,30)(H,28,29). The highest BCUT2D eigenvalue weighted by Gasteiger charge is 2.31. The molecule has 2 N–H and O–H groups in total. The van der Waals surface area contributed by atoms with E-state index in [1.54, 1.807) is 45.0 Å². The Morgan fingerprint density at radius 1 is 1.10 bits per heavy atom. The molecule has 0 fully saturated rings. The normalized spacial score (nSPS) is 12.0. The molecule has 1 unspecified atom stereocenters. The molecular formula is C26H31NO4. The van der Waals surface area contributed by atoms with Crippen molar-refractivity contribution in [3.05, 3.63) is 59.2 Å². The van der Waals surface area contributed by atoms with Crippen LogP contribution in [0.15, 0.2) is 42.5 Å². The molecule has 1 atom stereocenters. The van der Waals surface area contributed by atoms with E-state index in [0.29, 0.717) is 17.4 Å². The monoisotopic (exact) mass is 421 g/mol. The molecule has 0 aliphatic carbocycles. The van der Waals surface area contributed by atoms with Gasteiger partial charge in [-0.25, -0.2) is 0 Å². The van der Waals surface area contributed by atoms with E-state index in [-0.39, 0.29) is 18.2 Å². The number of nitrogens with one attached hydrogen (secondary N) is 1. The molecule has 0 aromatic heterocycles. The molecule has 31 heavy (non-hydrogen) atoms. The summed E-state index contributed by atoms with van der Waals surface area (Å²) in [7, 11) is 0. The molecule has 0 aliphatic rings. The fraction of sp³-hybridized carbons (Fsp3) is 0.385. The van der Waals surface area contributed by atoms with Gasteiger partial charge in [0.15, 0.2) is 5.60 Å². The molecule has 0 saturated carbocycles. The van der Waals surface area contributed by atoms with E-state index in [9.17, 15) is 9.59 Å². The first-order valence-corrected chi connectivity index (χ1v) is 10.4. The molecule has 0 aliphatic heterocycles. The molecule has 0 radical (unpaired) electrons. The molecule has 5 nitrogen and oxygen atoms in total. The SMILES string of the molecule is CC#CC(CC(=O)O)c1ccc(NC(=O)C(C)(C)Oc2cc(C(C)C)ccc2C)cc1. The fourth-order valence-electron chi connectivity index (χ4n) is 3.09. The van der Waals surface area contributed by atoms with Crippen LogP contribution >= 0.6 is 0 Å². The van der Waals surface area contributed by atoms with E-state index in [4.69, 9.17) is 9.84 Å². The van der Waals surface area contributed by atoms with Gasteiger partial charge in [0.1, 0.15) is 5.75 Å². The van der Waals surface area contributed by atoms with Gasteiger partial charge in [0.05, 0.1) is 12.3 Å². The minimum absolute atomic E-state index is 0.0673. The summed E-state index contributed by atoms with van der Waals surface area (Å²) in [4.78, 5) is 24.0. The van der Waals surface area contributed by atoms with Crippen molar-refractivity contribution in [2.75, 3.05) is 5.32 Å². The molecule has 0 saturated heterocycles. The molecular weight excluding hydrogens is 390 g/mol. The van der Waals surface area contributed by atoms with Gasteiger partial charge in [0, 0.05) is 5.69 Å². The van der Waals surface area contributed by atoms with Gasteiger partial charge >= 0.3 is 5.97 Å². The molecule has 2 aromatic rings. The van der Waals surface area contributed by atoms with Crippen LogP contribution < -0.4 is 10.1 Å². The molecule has 0 spiro atoms. The maximum atomic E-state index is 12.9. The van der Waals surface area contributed by atoms with E-state index < -0.39 is 11.6 Å². The number of rotatable bonds is 8. The molecule has 2 aromatic carbocycles. The van der Waals surface area contributed by atoms with Crippen molar-refractivity contribution in [2.45, 2.75) is 65.4 Å². The van der Waals surface area contributed by atoms with Crippen LogP contribution in [0.5, 0.6) is 5.75 Å². The van der Waals surface area contributed by atoms with Crippen molar-refractivity contribution < 1.29 is 19.4 Å². The Morgan fingerprint density at radius 3 is 2.26 bits per heavy atom. The highest BCUT2D eigenvalue weighted by molar-refractivity contribution is 5.97. The van der Waals surface area contributed by atoms with E-state index in [2.05, 4.69) is 37.1 Å². The number of carbonyl (C=O) groups is 2. The Balaban J connectivity index is 2.14. The van der Waals surface area contributed by atoms with Crippen LogP contribution in [0.1, 0.15) is 69.6 Å². The Kier molecular flexibility index (Phi) is 7.88. The number of aliphatic carboxylic acids is 1. The summed E-state index contributed by atoms with van der Waals surface area (Å²) in [6, 6.07) is 13.1. The molecule has 5 heteroatoms. The van der Waals surface area contributed by atoms with Gasteiger partial charge in [-0.2, -0.15) is 0 Å². The largest absolute Gasteiger partial charge is 0.481 e. The summed E-state index contributed by atoms with van der Waals surface area (Å²) >= 11 is 0. The number of hydrogen-bond acceptors (Lipinski definition) is 3. The Labute approximate surface area is 184 Å². The van der Waals surface area contributed by atoms with Gasteiger partial charge < -0.3 is 15.2 Å². The van der Waals surface area contributed by atoms with E-state index in [1.165, 1.54) is 0 Å². The van der Waals surface area contributed by atoms with Gasteiger partial charge in [-0.1, -0.05) is 44.0 Å². The molecule has 2 rings (SSSR count). The first-order valence-electron chi connectivity index (χ1n) is 10.4. The van der Waals surface area contributed by atoms with Gasteiger partial charge in [-0.05, 0) is 68.5 Å². The van der Waals surface area contributed by atoms with Gasteiger partial charge in [-0.15, -0.1) is 5.92 Å². The average molecular weight is 422 g/mol. The highest BCUT2D eigenvalue weighted by Crippen LogP contribution is 2.28. The summed E-state index contributed by atoms with van der Waals surface area (Å²) in [6.45, 7) is 11.3. The first kappa shape index (κ1) is 24.0. The maximum Gasteiger partial charge on any atom is 0.304 e. The lowest BCUT2D eigenvalue weighted by atomic mass is 9.96. The van der Waals surface area contributed by atoms with E-state index >= 15 is 0 Å². The van der Waals surface area contributed by atoms with Gasteiger partial charge in [0.25, 0.3) is 5.91 Å². The van der Waals surface area contributed by atoms with Crippen LogP contribution in [0, 0.1) is 18.8 Å². The number of carboxylic acids is 1. The number of carbonyl (C=O) groups excluding carboxylic acids is 1. The fourth-order valence-corrected chi connectivity index (χ4v) is 3.09. The number of amides is 1. The van der Waals surface area contributed by atoms with Crippen LogP contribution in [0.4, 0.5) is 5.69 Å². The summed E-state index contributed by atoms with van der Waals surface area (Å²) < 4.78 is 6.10.